The second-order valence-corrected chi connectivity index (χ2v) is 7.08. The maximum atomic E-state index is 13.0. The molecule has 0 saturated carbocycles. The van der Waals surface area contributed by atoms with Crippen LogP contribution in [-0.2, 0) is 11.8 Å². The second-order valence-electron chi connectivity index (χ2n) is 7.08. The highest BCUT2D eigenvalue weighted by molar-refractivity contribution is 5.91. The quantitative estimate of drug-likeness (QED) is 0.844. The molecule has 0 aliphatic carbocycles. The number of carbonyl (C=O) groups is 1. The molecule has 26 heavy (non-hydrogen) atoms. The van der Waals surface area contributed by atoms with Crippen LogP contribution in [0.25, 0.3) is 0 Å². The summed E-state index contributed by atoms with van der Waals surface area (Å²) in [6.45, 7) is 1.73. The first-order valence-corrected chi connectivity index (χ1v) is 8.87. The highest BCUT2D eigenvalue weighted by Gasteiger charge is 2.45. The van der Waals surface area contributed by atoms with Gasteiger partial charge in [0.25, 0.3) is 5.91 Å². The molecule has 0 radical (unpaired) electrons. The fraction of sp³-hybridized carbons (Fsp3) is 0.474. The van der Waals surface area contributed by atoms with Crippen LogP contribution in [-0.4, -0.2) is 51.8 Å². The van der Waals surface area contributed by atoms with E-state index in [4.69, 9.17) is 9.47 Å². The van der Waals surface area contributed by atoms with E-state index >= 15 is 0 Å². The Bertz CT molecular complexity index is 792. The lowest BCUT2D eigenvalue weighted by Crippen LogP contribution is -2.50. The lowest BCUT2D eigenvalue weighted by atomic mass is 9.89. The molecule has 2 aliphatic heterocycles. The van der Waals surface area contributed by atoms with E-state index in [0.29, 0.717) is 37.7 Å². The van der Waals surface area contributed by atoms with Gasteiger partial charge in [0.05, 0.1) is 18.8 Å². The lowest BCUT2D eigenvalue weighted by molar-refractivity contribution is -0.0456. The number of ether oxygens (including phenoxy) is 2. The first kappa shape index (κ1) is 17.0. The van der Waals surface area contributed by atoms with E-state index < -0.39 is 0 Å². The molecule has 1 amide bonds. The van der Waals surface area contributed by atoms with Crippen molar-refractivity contribution in [2.24, 2.45) is 7.05 Å². The van der Waals surface area contributed by atoms with E-state index in [1.807, 2.05) is 11.9 Å². The van der Waals surface area contributed by atoms with Gasteiger partial charge in [-0.25, -0.2) is 9.37 Å². The summed E-state index contributed by atoms with van der Waals surface area (Å²) in [4.78, 5) is 18.7. The van der Waals surface area contributed by atoms with Crippen molar-refractivity contribution in [2.75, 3.05) is 19.7 Å². The number of hydrogen-bond donors (Lipinski definition) is 0. The molecule has 3 heterocycles. The smallest absolute Gasteiger partial charge is 0.289 e. The molecule has 0 bridgehead atoms. The van der Waals surface area contributed by atoms with Gasteiger partial charge in [0, 0.05) is 32.4 Å². The van der Waals surface area contributed by atoms with Crippen LogP contribution in [0.5, 0.6) is 5.75 Å². The number of hydrogen-bond acceptors (Lipinski definition) is 4. The second kappa shape index (κ2) is 6.72. The Morgan fingerprint density at radius 1 is 1.38 bits per heavy atom. The van der Waals surface area contributed by atoms with Crippen LogP contribution in [0.2, 0.25) is 0 Å². The van der Waals surface area contributed by atoms with Gasteiger partial charge in [0.15, 0.2) is 5.82 Å². The molecule has 2 fully saturated rings. The van der Waals surface area contributed by atoms with Crippen molar-refractivity contribution in [3.8, 4) is 5.75 Å². The number of likely N-dealkylation sites (tertiary alicyclic amines) is 1. The average molecular weight is 359 g/mol. The standard InChI is InChI=1S/C19H22FN3O3/c1-22-10-8-21-17(22)18(24)23-9-2-7-19(13-23)11-16(12-25-19)26-15-5-3-14(20)4-6-15/h3-6,8,10,16H,2,7,9,11-13H2,1H3/t16-,19+/m1/s1. The van der Waals surface area contributed by atoms with E-state index in [1.165, 1.54) is 12.1 Å². The van der Waals surface area contributed by atoms with E-state index in [0.717, 1.165) is 12.8 Å². The molecular formula is C19H22FN3O3. The Morgan fingerprint density at radius 2 is 2.19 bits per heavy atom. The summed E-state index contributed by atoms with van der Waals surface area (Å²) in [5.41, 5.74) is -0.371. The van der Waals surface area contributed by atoms with Gasteiger partial charge in [-0.2, -0.15) is 0 Å². The van der Waals surface area contributed by atoms with E-state index in [9.17, 15) is 9.18 Å². The number of rotatable bonds is 3. The molecule has 2 aliphatic rings. The third kappa shape index (κ3) is 3.31. The molecule has 0 unspecified atom stereocenters. The minimum Gasteiger partial charge on any atom is -0.488 e. The van der Waals surface area contributed by atoms with Gasteiger partial charge in [-0.1, -0.05) is 0 Å². The van der Waals surface area contributed by atoms with Crippen LogP contribution in [0, 0.1) is 5.82 Å². The summed E-state index contributed by atoms with van der Waals surface area (Å²) in [5.74, 6) is 0.725. The molecule has 138 valence electrons. The van der Waals surface area contributed by atoms with Crippen molar-refractivity contribution in [1.29, 1.82) is 0 Å². The molecule has 0 N–H and O–H groups in total. The Morgan fingerprint density at radius 3 is 2.92 bits per heavy atom. The van der Waals surface area contributed by atoms with Crippen LogP contribution in [0.3, 0.4) is 0 Å². The predicted molar refractivity (Wildman–Crippen MR) is 92.5 cm³/mol. The van der Waals surface area contributed by atoms with Crippen LogP contribution < -0.4 is 4.74 Å². The molecule has 4 rings (SSSR count). The molecule has 6 nitrogen and oxygen atoms in total. The summed E-state index contributed by atoms with van der Waals surface area (Å²) in [7, 11) is 1.82. The highest BCUT2D eigenvalue weighted by atomic mass is 19.1. The van der Waals surface area contributed by atoms with Crippen LogP contribution >= 0.6 is 0 Å². The number of halogens is 1. The van der Waals surface area contributed by atoms with Gasteiger partial charge < -0.3 is 18.9 Å². The van der Waals surface area contributed by atoms with Gasteiger partial charge in [-0.15, -0.1) is 0 Å². The first-order chi connectivity index (χ1) is 12.5. The number of nitrogens with zero attached hydrogens (tertiary/aromatic N) is 3. The Kier molecular flexibility index (Phi) is 4.40. The van der Waals surface area contributed by atoms with E-state index in [2.05, 4.69) is 4.98 Å². The minimum atomic E-state index is -0.371. The van der Waals surface area contributed by atoms with E-state index in [1.54, 1.807) is 29.1 Å². The molecule has 2 aromatic rings. The SMILES string of the molecule is Cn1ccnc1C(=O)N1CCC[C@]2(C[C@@H](Oc3ccc(F)cc3)CO2)C1. The molecule has 1 aromatic carbocycles. The fourth-order valence-corrected chi connectivity index (χ4v) is 3.85. The van der Waals surface area contributed by atoms with Crippen molar-refractivity contribution >= 4 is 5.91 Å². The monoisotopic (exact) mass is 359 g/mol. The summed E-state index contributed by atoms with van der Waals surface area (Å²) >= 11 is 0. The predicted octanol–water partition coefficient (Wildman–Crippen LogP) is 2.40. The number of imidazole rings is 1. The molecule has 2 saturated heterocycles. The maximum absolute atomic E-state index is 13.0. The third-order valence-electron chi connectivity index (χ3n) is 5.13. The summed E-state index contributed by atoms with van der Waals surface area (Å²) in [6, 6.07) is 6.01. The van der Waals surface area contributed by atoms with Crippen LogP contribution in [0.1, 0.15) is 29.9 Å². The molecule has 7 heteroatoms. The zero-order valence-electron chi connectivity index (χ0n) is 14.7. The van der Waals surface area contributed by atoms with Crippen LogP contribution in [0.15, 0.2) is 36.7 Å². The Labute approximate surface area is 151 Å². The molecule has 1 spiro atoms. The van der Waals surface area contributed by atoms with Gasteiger partial charge >= 0.3 is 0 Å². The van der Waals surface area contributed by atoms with Crippen molar-refractivity contribution < 1.29 is 18.7 Å². The Hall–Kier alpha value is -2.41. The van der Waals surface area contributed by atoms with Crippen molar-refractivity contribution in [2.45, 2.75) is 31.0 Å². The summed E-state index contributed by atoms with van der Waals surface area (Å²) in [6.07, 6.45) is 5.81. The Balaban J connectivity index is 1.41. The van der Waals surface area contributed by atoms with Gasteiger partial charge in [-0.05, 0) is 37.1 Å². The van der Waals surface area contributed by atoms with Crippen LogP contribution in [0.4, 0.5) is 4.39 Å². The summed E-state index contributed by atoms with van der Waals surface area (Å²) in [5, 5.41) is 0. The number of aromatic nitrogens is 2. The van der Waals surface area contributed by atoms with Gasteiger partial charge in [0.2, 0.25) is 0 Å². The topological polar surface area (TPSA) is 56.6 Å². The maximum Gasteiger partial charge on any atom is 0.289 e. The van der Waals surface area contributed by atoms with Crippen molar-refractivity contribution in [1.82, 2.24) is 14.5 Å². The number of benzene rings is 1. The number of piperidine rings is 1. The normalized spacial score (nSPS) is 25.6. The number of carbonyl (C=O) groups excluding carboxylic acids is 1. The average Bonchev–Trinajstić information content (AvgIpc) is 3.23. The highest BCUT2D eigenvalue weighted by Crippen LogP contribution is 2.36. The van der Waals surface area contributed by atoms with Gasteiger partial charge in [-0.3, -0.25) is 4.79 Å². The largest absolute Gasteiger partial charge is 0.488 e. The zero-order chi connectivity index (χ0) is 18.1. The van der Waals surface area contributed by atoms with Crippen molar-refractivity contribution in [3.63, 3.8) is 0 Å². The zero-order valence-corrected chi connectivity index (χ0v) is 14.7. The molecule has 1 aromatic heterocycles. The minimum absolute atomic E-state index is 0.0666. The van der Waals surface area contributed by atoms with E-state index in [-0.39, 0.29) is 23.4 Å². The lowest BCUT2D eigenvalue weighted by Gasteiger charge is -2.39. The fourth-order valence-electron chi connectivity index (χ4n) is 3.85. The van der Waals surface area contributed by atoms with Gasteiger partial charge in [0.1, 0.15) is 17.7 Å². The summed E-state index contributed by atoms with van der Waals surface area (Å²) < 4.78 is 26.8. The molecular weight excluding hydrogens is 337 g/mol. The number of amides is 1. The first-order valence-electron chi connectivity index (χ1n) is 8.87. The third-order valence-corrected chi connectivity index (χ3v) is 5.13. The number of aryl methyl sites for hydroxylation is 1. The molecule has 2 atom stereocenters. The van der Waals surface area contributed by atoms with Crippen molar-refractivity contribution in [3.05, 3.63) is 48.3 Å².